The van der Waals surface area contributed by atoms with Crippen LogP contribution in [0.2, 0.25) is 5.02 Å². The second kappa shape index (κ2) is 8.50. The van der Waals surface area contributed by atoms with Crippen molar-refractivity contribution in [3.05, 3.63) is 94.3 Å². The molecule has 1 aromatic heterocycles. The van der Waals surface area contributed by atoms with E-state index in [4.69, 9.17) is 16.3 Å². The van der Waals surface area contributed by atoms with Crippen molar-refractivity contribution in [3.8, 4) is 5.75 Å². The molecule has 2 aromatic carbocycles. The maximum Gasteiger partial charge on any atom is 0.354 e. The van der Waals surface area contributed by atoms with Gasteiger partial charge >= 0.3 is 5.97 Å². The number of ether oxygens (including phenoxy) is 1. The van der Waals surface area contributed by atoms with E-state index >= 15 is 0 Å². The first kappa shape index (κ1) is 19.2. The minimum atomic E-state index is -1.01. The van der Waals surface area contributed by atoms with Gasteiger partial charge in [0.05, 0.1) is 5.69 Å². The molecule has 0 radical (unpaired) electrons. The van der Waals surface area contributed by atoms with Crippen molar-refractivity contribution in [1.82, 2.24) is 4.98 Å². The SMILES string of the molecule is O=C(O)c1cccc(C2=C(c3cccc(OCc4ccc(Cl)cc4)c3)CCC2)n1. The minimum absolute atomic E-state index is 0.0706. The van der Waals surface area contributed by atoms with E-state index in [1.54, 1.807) is 6.07 Å². The van der Waals surface area contributed by atoms with Crippen molar-refractivity contribution < 1.29 is 14.6 Å². The standard InChI is InChI=1S/C24H20ClNO3/c25-18-12-10-16(11-13-18)15-29-19-5-1-4-17(14-19)20-6-2-7-21(20)22-8-3-9-23(26-22)24(27)28/h1,3-5,8-14H,2,6-7,15H2,(H,27,28). The van der Waals surface area contributed by atoms with Gasteiger partial charge in [-0.2, -0.15) is 0 Å². The summed E-state index contributed by atoms with van der Waals surface area (Å²) in [6, 6.07) is 20.8. The molecule has 146 valence electrons. The van der Waals surface area contributed by atoms with E-state index in [1.807, 2.05) is 48.5 Å². The van der Waals surface area contributed by atoms with Gasteiger partial charge in [0.15, 0.2) is 0 Å². The first-order valence-electron chi connectivity index (χ1n) is 9.50. The number of aromatic carboxylic acids is 1. The predicted molar refractivity (Wildman–Crippen MR) is 114 cm³/mol. The van der Waals surface area contributed by atoms with Gasteiger partial charge in [0.1, 0.15) is 18.1 Å². The second-order valence-corrected chi connectivity index (χ2v) is 7.40. The number of nitrogens with zero attached hydrogens (tertiary/aromatic N) is 1. The van der Waals surface area contributed by atoms with Crippen molar-refractivity contribution in [2.45, 2.75) is 25.9 Å². The van der Waals surface area contributed by atoms with Crippen molar-refractivity contribution >= 4 is 28.7 Å². The maximum absolute atomic E-state index is 11.3. The molecule has 5 heteroatoms. The summed E-state index contributed by atoms with van der Waals surface area (Å²) in [6.07, 6.45) is 2.86. The van der Waals surface area contributed by atoms with Gasteiger partial charge in [-0.15, -0.1) is 0 Å². The van der Waals surface area contributed by atoms with E-state index < -0.39 is 5.97 Å². The Bertz CT molecular complexity index is 1070. The van der Waals surface area contributed by atoms with Gasteiger partial charge in [-0.05, 0) is 77.9 Å². The van der Waals surface area contributed by atoms with Gasteiger partial charge < -0.3 is 9.84 Å². The molecular weight excluding hydrogens is 386 g/mol. The molecular formula is C24H20ClNO3. The molecule has 0 saturated heterocycles. The fourth-order valence-electron chi connectivity index (χ4n) is 3.59. The summed E-state index contributed by atoms with van der Waals surface area (Å²) in [5.74, 6) is -0.215. The first-order chi connectivity index (χ1) is 14.1. The van der Waals surface area contributed by atoms with E-state index in [9.17, 15) is 9.90 Å². The molecule has 1 N–H and O–H groups in total. The monoisotopic (exact) mass is 405 g/mol. The summed E-state index contributed by atoms with van der Waals surface area (Å²) in [7, 11) is 0. The van der Waals surface area contributed by atoms with E-state index in [1.165, 1.54) is 11.6 Å². The molecule has 0 spiro atoms. The van der Waals surface area contributed by atoms with Crippen molar-refractivity contribution in [2.24, 2.45) is 0 Å². The van der Waals surface area contributed by atoms with Crippen LogP contribution in [-0.4, -0.2) is 16.1 Å². The van der Waals surface area contributed by atoms with E-state index in [2.05, 4.69) is 11.1 Å². The summed E-state index contributed by atoms with van der Waals surface area (Å²) < 4.78 is 5.96. The highest BCUT2D eigenvalue weighted by Gasteiger charge is 2.20. The van der Waals surface area contributed by atoms with Gasteiger partial charge in [-0.3, -0.25) is 0 Å². The summed E-state index contributed by atoms with van der Waals surface area (Å²) in [5.41, 5.74) is 5.27. The summed E-state index contributed by atoms with van der Waals surface area (Å²) in [5, 5.41) is 9.94. The van der Waals surface area contributed by atoms with Crippen molar-refractivity contribution in [1.29, 1.82) is 0 Å². The van der Waals surface area contributed by atoms with Crippen molar-refractivity contribution in [2.75, 3.05) is 0 Å². The molecule has 4 nitrogen and oxygen atoms in total. The van der Waals surface area contributed by atoms with Crippen molar-refractivity contribution in [3.63, 3.8) is 0 Å². The third-order valence-corrected chi connectivity index (χ3v) is 5.25. The smallest absolute Gasteiger partial charge is 0.354 e. The lowest BCUT2D eigenvalue weighted by molar-refractivity contribution is 0.0690. The number of halogens is 1. The zero-order valence-corrected chi connectivity index (χ0v) is 16.5. The summed E-state index contributed by atoms with van der Waals surface area (Å²) in [6.45, 7) is 0.467. The number of carboxylic acids is 1. The van der Waals surface area contributed by atoms with E-state index in [0.29, 0.717) is 11.6 Å². The highest BCUT2D eigenvalue weighted by atomic mass is 35.5. The van der Waals surface area contributed by atoms with Crippen LogP contribution in [0.25, 0.3) is 11.1 Å². The number of hydrogen-bond donors (Lipinski definition) is 1. The Morgan fingerprint density at radius 1 is 1.00 bits per heavy atom. The quantitative estimate of drug-likeness (QED) is 0.537. The largest absolute Gasteiger partial charge is 0.489 e. The van der Waals surface area contributed by atoms with Gasteiger partial charge in [-0.25, -0.2) is 9.78 Å². The Hall–Kier alpha value is -3.11. The number of pyridine rings is 1. The average Bonchev–Trinajstić information content (AvgIpc) is 3.24. The van der Waals surface area contributed by atoms with Crippen LogP contribution in [0.1, 0.15) is 46.6 Å². The van der Waals surface area contributed by atoms with Crippen LogP contribution in [0, 0.1) is 0 Å². The lowest BCUT2D eigenvalue weighted by Crippen LogP contribution is -2.02. The molecule has 0 fully saturated rings. The molecule has 0 unspecified atom stereocenters. The molecule has 0 aliphatic heterocycles. The molecule has 29 heavy (non-hydrogen) atoms. The molecule has 4 rings (SSSR count). The first-order valence-corrected chi connectivity index (χ1v) is 9.88. The zero-order chi connectivity index (χ0) is 20.2. The molecule has 0 bridgehead atoms. The zero-order valence-electron chi connectivity index (χ0n) is 15.8. The van der Waals surface area contributed by atoms with E-state index in [0.717, 1.165) is 47.4 Å². The number of rotatable bonds is 6. The topological polar surface area (TPSA) is 59.4 Å². The fourth-order valence-corrected chi connectivity index (χ4v) is 3.71. The Morgan fingerprint density at radius 3 is 2.55 bits per heavy atom. The molecule has 0 atom stereocenters. The molecule has 3 aromatic rings. The summed E-state index contributed by atoms with van der Waals surface area (Å²) >= 11 is 5.93. The van der Waals surface area contributed by atoms with Crippen LogP contribution in [0.5, 0.6) is 5.75 Å². The number of allylic oxidation sites excluding steroid dienone is 2. The Labute approximate surface area is 174 Å². The van der Waals surface area contributed by atoms with Crippen LogP contribution in [0.15, 0.2) is 66.7 Å². The van der Waals surface area contributed by atoms with Gasteiger partial charge in [0.2, 0.25) is 0 Å². The highest BCUT2D eigenvalue weighted by Crippen LogP contribution is 2.39. The predicted octanol–water partition coefficient (Wildman–Crippen LogP) is 6.11. The fraction of sp³-hybridized carbons (Fsp3) is 0.167. The highest BCUT2D eigenvalue weighted by molar-refractivity contribution is 6.30. The lowest BCUT2D eigenvalue weighted by Gasteiger charge is -2.11. The normalized spacial score (nSPS) is 13.6. The minimum Gasteiger partial charge on any atom is -0.489 e. The number of aromatic nitrogens is 1. The van der Waals surface area contributed by atoms with Crippen LogP contribution in [0.3, 0.4) is 0 Å². The average molecular weight is 406 g/mol. The number of carboxylic acid groups (broad SMARTS) is 1. The molecule has 0 saturated carbocycles. The molecule has 1 aliphatic rings. The van der Waals surface area contributed by atoms with Gasteiger partial charge in [-0.1, -0.05) is 41.9 Å². The number of hydrogen-bond acceptors (Lipinski definition) is 3. The Morgan fingerprint density at radius 2 is 1.76 bits per heavy atom. The third-order valence-electron chi connectivity index (χ3n) is 5.00. The molecule has 1 heterocycles. The molecule has 0 amide bonds. The van der Waals surface area contributed by atoms with Crippen LogP contribution in [0.4, 0.5) is 0 Å². The second-order valence-electron chi connectivity index (χ2n) is 6.97. The maximum atomic E-state index is 11.3. The van der Waals surface area contributed by atoms with Crippen LogP contribution < -0.4 is 4.74 Å². The van der Waals surface area contributed by atoms with E-state index in [-0.39, 0.29) is 5.69 Å². The van der Waals surface area contributed by atoms with Crippen LogP contribution in [-0.2, 0) is 6.61 Å². The number of carbonyl (C=O) groups is 1. The Balaban J connectivity index is 1.59. The number of benzene rings is 2. The molecule has 1 aliphatic carbocycles. The van der Waals surface area contributed by atoms with Gasteiger partial charge in [0, 0.05) is 5.02 Å². The van der Waals surface area contributed by atoms with Crippen LogP contribution >= 0.6 is 11.6 Å². The lowest BCUT2D eigenvalue weighted by atomic mass is 9.99. The Kier molecular flexibility index (Phi) is 5.63. The summed E-state index contributed by atoms with van der Waals surface area (Å²) in [4.78, 5) is 15.6. The van der Waals surface area contributed by atoms with Gasteiger partial charge in [0.25, 0.3) is 0 Å². The third kappa shape index (κ3) is 4.49.